The molecule has 1 fully saturated rings. The normalized spacial score (nSPS) is 21.9. The van der Waals surface area contributed by atoms with Crippen LogP contribution in [0.4, 0.5) is 5.69 Å². The fraction of sp³-hybridized carbons (Fsp3) is 0.500. The minimum absolute atomic E-state index is 0.543. The van der Waals surface area contributed by atoms with Crippen LogP contribution in [0.3, 0.4) is 0 Å². The van der Waals surface area contributed by atoms with Gasteiger partial charge in [-0.25, -0.2) is 0 Å². The first kappa shape index (κ1) is 16.1. The Balaban J connectivity index is 1.39. The Bertz CT molecular complexity index is 627. The highest BCUT2D eigenvalue weighted by Gasteiger charge is 2.24. The molecule has 1 aliphatic heterocycles. The van der Waals surface area contributed by atoms with Gasteiger partial charge in [-0.2, -0.15) is 0 Å². The summed E-state index contributed by atoms with van der Waals surface area (Å²) >= 11 is 1.60. The highest BCUT2D eigenvalue weighted by molar-refractivity contribution is 8.00. The molecule has 1 aromatic rings. The van der Waals surface area contributed by atoms with Crippen molar-refractivity contribution in [3.63, 3.8) is 0 Å². The molecule has 3 N–H and O–H groups in total. The minimum atomic E-state index is 0.543. The van der Waals surface area contributed by atoms with E-state index in [1.54, 1.807) is 23.1 Å². The molecular weight excluding hydrogens is 314 g/mol. The van der Waals surface area contributed by atoms with Crippen molar-refractivity contribution in [1.82, 2.24) is 10.0 Å². The van der Waals surface area contributed by atoms with Gasteiger partial charge in [0.15, 0.2) is 0 Å². The van der Waals surface area contributed by atoms with Crippen LogP contribution in [0.2, 0.25) is 0 Å². The lowest BCUT2D eigenvalue weighted by Gasteiger charge is -2.18. The molecule has 0 saturated carbocycles. The molecule has 1 atom stereocenters. The fourth-order valence-electron chi connectivity index (χ4n) is 4.26. The fourth-order valence-corrected chi connectivity index (χ4v) is 4.79. The van der Waals surface area contributed by atoms with Gasteiger partial charge in [-0.3, -0.25) is 0 Å². The molecule has 24 heavy (non-hydrogen) atoms. The summed E-state index contributed by atoms with van der Waals surface area (Å²) in [5, 5.41) is 9.20. The van der Waals surface area contributed by atoms with E-state index >= 15 is 0 Å². The van der Waals surface area contributed by atoms with Crippen molar-refractivity contribution in [3.05, 3.63) is 52.2 Å². The molecule has 1 saturated heterocycles. The monoisotopic (exact) mass is 341 g/mol. The van der Waals surface area contributed by atoms with Crippen LogP contribution in [0, 0.1) is 0 Å². The van der Waals surface area contributed by atoms with Crippen LogP contribution in [-0.2, 0) is 25.7 Å². The molecule has 4 rings (SSSR count). The number of hydrogen-bond donors (Lipinski definition) is 3. The molecule has 1 unspecified atom stereocenters. The standard InChI is InChI=1S/C20H27N3S/c1-14(23-24-12-10-17-7-4-11-21-17)22-20-18-8-2-5-15(18)13-16-6-3-9-19(16)20/h10,12-13,17,21-23H,1-9,11H2/b12-10+. The second kappa shape index (κ2) is 7.24. The lowest BCUT2D eigenvalue weighted by atomic mass is 9.99. The van der Waals surface area contributed by atoms with Crippen molar-refractivity contribution in [1.29, 1.82) is 0 Å². The maximum Gasteiger partial charge on any atom is 0.106 e. The first-order chi connectivity index (χ1) is 11.8. The molecule has 2 aliphatic carbocycles. The largest absolute Gasteiger partial charge is 0.341 e. The maximum absolute atomic E-state index is 4.18. The van der Waals surface area contributed by atoms with Gasteiger partial charge in [0.2, 0.25) is 0 Å². The van der Waals surface area contributed by atoms with Gasteiger partial charge >= 0.3 is 0 Å². The number of hydrogen-bond acceptors (Lipinski definition) is 4. The second-order valence-corrected chi connectivity index (χ2v) is 7.80. The lowest BCUT2D eigenvalue weighted by Crippen LogP contribution is -2.18. The molecular formula is C20H27N3S. The van der Waals surface area contributed by atoms with E-state index in [1.165, 1.54) is 68.2 Å². The van der Waals surface area contributed by atoms with Gasteiger partial charge in [0.05, 0.1) is 0 Å². The van der Waals surface area contributed by atoms with Crippen molar-refractivity contribution in [2.45, 2.75) is 57.4 Å². The predicted molar refractivity (Wildman–Crippen MR) is 104 cm³/mol. The van der Waals surface area contributed by atoms with Crippen molar-refractivity contribution in [2.24, 2.45) is 0 Å². The Labute approximate surface area is 149 Å². The van der Waals surface area contributed by atoms with Gasteiger partial charge in [-0.05, 0) is 97.5 Å². The highest BCUT2D eigenvalue weighted by atomic mass is 32.2. The van der Waals surface area contributed by atoms with E-state index in [0.717, 1.165) is 12.4 Å². The minimum Gasteiger partial charge on any atom is -0.341 e. The van der Waals surface area contributed by atoms with E-state index < -0.39 is 0 Å². The summed E-state index contributed by atoms with van der Waals surface area (Å²) in [5.41, 5.74) is 7.55. The maximum atomic E-state index is 4.18. The molecule has 3 aliphatic rings. The average Bonchev–Trinajstić information content (AvgIpc) is 3.31. The third kappa shape index (κ3) is 3.35. The summed E-state index contributed by atoms with van der Waals surface area (Å²) in [5.74, 6) is 0.887. The van der Waals surface area contributed by atoms with Crippen LogP contribution in [0.25, 0.3) is 0 Å². The molecule has 1 aromatic carbocycles. The van der Waals surface area contributed by atoms with Gasteiger partial charge in [0.25, 0.3) is 0 Å². The van der Waals surface area contributed by atoms with Gasteiger partial charge in [0, 0.05) is 11.7 Å². The van der Waals surface area contributed by atoms with E-state index in [-0.39, 0.29) is 0 Å². The molecule has 128 valence electrons. The zero-order valence-corrected chi connectivity index (χ0v) is 15.1. The third-order valence-electron chi connectivity index (χ3n) is 5.41. The van der Waals surface area contributed by atoms with E-state index in [9.17, 15) is 0 Å². The Morgan fingerprint density at radius 1 is 1.12 bits per heavy atom. The van der Waals surface area contributed by atoms with Gasteiger partial charge in [0.1, 0.15) is 5.82 Å². The highest BCUT2D eigenvalue weighted by Crippen LogP contribution is 2.39. The third-order valence-corrected chi connectivity index (χ3v) is 6.07. The van der Waals surface area contributed by atoms with E-state index in [2.05, 4.69) is 39.5 Å². The zero-order valence-electron chi connectivity index (χ0n) is 14.3. The molecule has 4 heteroatoms. The van der Waals surface area contributed by atoms with Crippen LogP contribution in [0.5, 0.6) is 0 Å². The Kier molecular flexibility index (Phi) is 4.86. The summed E-state index contributed by atoms with van der Waals surface area (Å²) in [6.45, 7) is 5.32. The number of anilines is 1. The number of benzene rings is 1. The Hall–Kier alpha value is -1.39. The van der Waals surface area contributed by atoms with Gasteiger partial charge in [-0.15, -0.1) is 0 Å². The molecule has 0 bridgehead atoms. The van der Waals surface area contributed by atoms with Crippen LogP contribution in [0.1, 0.15) is 47.9 Å². The summed E-state index contributed by atoms with van der Waals surface area (Å²) in [6, 6.07) is 3.01. The van der Waals surface area contributed by atoms with Crippen molar-refractivity contribution < 1.29 is 0 Å². The number of aryl methyl sites for hydroxylation is 2. The van der Waals surface area contributed by atoms with E-state index in [0.29, 0.717) is 6.04 Å². The van der Waals surface area contributed by atoms with Crippen LogP contribution in [0.15, 0.2) is 30.0 Å². The first-order valence-electron chi connectivity index (χ1n) is 9.25. The quantitative estimate of drug-likeness (QED) is 0.682. The molecule has 3 nitrogen and oxygen atoms in total. The molecule has 1 heterocycles. The van der Waals surface area contributed by atoms with Gasteiger partial charge in [-0.1, -0.05) is 18.7 Å². The van der Waals surface area contributed by atoms with Gasteiger partial charge < -0.3 is 15.4 Å². The summed E-state index contributed by atoms with van der Waals surface area (Å²) in [6.07, 6.45) is 12.3. The Morgan fingerprint density at radius 3 is 2.54 bits per heavy atom. The Morgan fingerprint density at radius 2 is 1.88 bits per heavy atom. The number of rotatable bonds is 6. The molecule has 0 aromatic heterocycles. The van der Waals surface area contributed by atoms with Crippen LogP contribution in [-0.4, -0.2) is 12.6 Å². The summed E-state index contributed by atoms with van der Waals surface area (Å²) in [7, 11) is 0. The predicted octanol–water partition coefficient (Wildman–Crippen LogP) is 4.05. The van der Waals surface area contributed by atoms with Crippen molar-refractivity contribution in [2.75, 3.05) is 11.9 Å². The second-order valence-electron chi connectivity index (χ2n) is 7.09. The summed E-state index contributed by atoms with van der Waals surface area (Å²) in [4.78, 5) is 0. The van der Waals surface area contributed by atoms with Crippen molar-refractivity contribution in [3.8, 4) is 0 Å². The molecule has 0 radical (unpaired) electrons. The van der Waals surface area contributed by atoms with Crippen molar-refractivity contribution >= 4 is 17.6 Å². The van der Waals surface area contributed by atoms with E-state index in [4.69, 9.17) is 0 Å². The van der Waals surface area contributed by atoms with Crippen LogP contribution < -0.4 is 15.4 Å². The molecule has 0 spiro atoms. The lowest BCUT2D eigenvalue weighted by molar-refractivity contribution is 0.728. The van der Waals surface area contributed by atoms with E-state index in [1.807, 2.05) is 0 Å². The topological polar surface area (TPSA) is 36.1 Å². The summed E-state index contributed by atoms with van der Waals surface area (Å²) < 4.78 is 3.33. The SMILES string of the molecule is C=C(NS/C=C/C1CCCN1)Nc1c2c(cc3c1CCC3)CCC2. The number of fused-ring (bicyclic) bond motifs is 2. The van der Waals surface area contributed by atoms with Crippen LogP contribution >= 0.6 is 11.9 Å². The number of nitrogens with one attached hydrogen (secondary N) is 3. The smallest absolute Gasteiger partial charge is 0.106 e. The first-order valence-corrected chi connectivity index (χ1v) is 10.1. The molecule has 0 amide bonds. The average molecular weight is 342 g/mol. The zero-order chi connectivity index (χ0) is 16.4.